The second-order valence-corrected chi connectivity index (χ2v) is 7.10. The van der Waals surface area contributed by atoms with Gasteiger partial charge in [-0.05, 0) is 48.6 Å². The molecule has 4 rings (SSSR count). The van der Waals surface area contributed by atoms with Gasteiger partial charge in [0, 0.05) is 30.8 Å². The maximum absolute atomic E-state index is 12.7. The molecule has 6 nitrogen and oxygen atoms in total. The highest BCUT2D eigenvalue weighted by Gasteiger charge is 2.41. The molecule has 0 radical (unpaired) electrons. The predicted molar refractivity (Wildman–Crippen MR) is 113 cm³/mol. The lowest BCUT2D eigenvalue weighted by atomic mass is 10.0. The van der Waals surface area contributed by atoms with Crippen molar-refractivity contribution in [1.82, 2.24) is 19.8 Å². The van der Waals surface area contributed by atoms with Gasteiger partial charge in [-0.25, -0.2) is 0 Å². The Hall–Kier alpha value is -3.19. The maximum atomic E-state index is 12.7. The molecular weight excluding hydrogens is 370 g/mol. The van der Waals surface area contributed by atoms with Crippen LogP contribution in [-0.4, -0.2) is 32.0 Å². The zero-order valence-corrected chi connectivity index (χ0v) is 16.3. The van der Waals surface area contributed by atoms with Crippen LogP contribution in [0.25, 0.3) is 0 Å². The van der Waals surface area contributed by atoms with Crippen molar-refractivity contribution >= 4 is 28.9 Å². The van der Waals surface area contributed by atoms with Crippen molar-refractivity contribution in [2.24, 2.45) is 7.05 Å². The van der Waals surface area contributed by atoms with E-state index in [2.05, 4.69) is 26.3 Å². The quantitative estimate of drug-likeness (QED) is 0.655. The maximum Gasteiger partial charge on any atom is 0.244 e. The zero-order chi connectivity index (χ0) is 19.5. The van der Waals surface area contributed by atoms with Crippen molar-refractivity contribution in [2.45, 2.75) is 12.1 Å². The largest absolute Gasteiger partial charge is 0.353 e. The molecule has 28 heavy (non-hydrogen) atoms. The molecule has 3 aromatic rings. The molecule has 0 saturated carbocycles. The summed E-state index contributed by atoms with van der Waals surface area (Å²) in [6.07, 6.45) is 3.77. The summed E-state index contributed by atoms with van der Waals surface area (Å²) in [6.45, 7) is 0.153. The highest BCUT2D eigenvalue weighted by atomic mass is 32.1. The summed E-state index contributed by atoms with van der Waals surface area (Å²) in [6, 6.07) is 19.0. The SMILES string of the molecule is Cn1cccc1[C@@H]1[C@H](c2ccccn2)NC(=S)N1CC(=O)Nc1ccccc1. The van der Waals surface area contributed by atoms with Gasteiger partial charge in [-0.2, -0.15) is 0 Å². The molecule has 0 unspecified atom stereocenters. The second kappa shape index (κ2) is 7.82. The van der Waals surface area contributed by atoms with Crippen LogP contribution in [0.5, 0.6) is 0 Å². The molecule has 2 N–H and O–H groups in total. The molecule has 1 aliphatic rings. The fourth-order valence-electron chi connectivity index (χ4n) is 3.56. The van der Waals surface area contributed by atoms with Crippen LogP contribution < -0.4 is 10.6 Å². The lowest BCUT2D eigenvalue weighted by Gasteiger charge is -2.27. The van der Waals surface area contributed by atoms with Crippen LogP contribution in [0.4, 0.5) is 5.69 Å². The molecule has 1 amide bonds. The number of benzene rings is 1. The number of pyridine rings is 1. The topological polar surface area (TPSA) is 62.2 Å². The summed E-state index contributed by atoms with van der Waals surface area (Å²) in [5.74, 6) is -0.115. The first-order chi connectivity index (χ1) is 13.6. The minimum absolute atomic E-state index is 0.115. The monoisotopic (exact) mass is 391 g/mol. The fourth-order valence-corrected chi connectivity index (χ4v) is 3.86. The number of thiocarbonyl (C=S) groups is 1. The van der Waals surface area contributed by atoms with E-state index in [-0.39, 0.29) is 24.5 Å². The van der Waals surface area contributed by atoms with Crippen molar-refractivity contribution in [2.75, 3.05) is 11.9 Å². The minimum atomic E-state index is -0.135. The first-order valence-electron chi connectivity index (χ1n) is 9.07. The molecule has 0 bridgehead atoms. The van der Waals surface area contributed by atoms with Crippen molar-refractivity contribution < 1.29 is 4.79 Å². The molecule has 1 aliphatic heterocycles. The average molecular weight is 392 g/mol. The number of anilines is 1. The van der Waals surface area contributed by atoms with Crippen molar-refractivity contribution in [3.63, 3.8) is 0 Å². The summed E-state index contributed by atoms with van der Waals surface area (Å²) < 4.78 is 2.05. The van der Waals surface area contributed by atoms with Crippen LogP contribution in [-0.2, 0) is 11.8 Å². The molecule has 1 fully saturated rings. The van der Waals surface area contributed by atoms with Gasteiger partial charge in [-0.15, -0.1) is 0 Å². The van der Waals surface area contributed by atoms with Crippen LogP contribution in [0.15, 0.2) is 73.1 Å². The Bertz CT molecular complexity index is 973. The van der Waals surface area contributed by atoms with Gasteiger partial charge in [-0.1, -0.05) is 24.3 Å². The molecule has 2 aromatic heterocycles. The fraction of sp³-hybridized carbons (Fsp3) is 0.190. The number of aromatic nitrogens is 2. The first-order valence-corrected chi connectivity index (χ1v) is 9.48. The Morgan fingerprint density at radius 1 is 1.14 bits per heavy atom. The number of rotatable bonds is 5. The summed E-state index contributed by atoms with van der Waals surface area (Å²) in [7, 11) is 1.99. The van der Waals surface area contributed by atoms with Gasteiger partial charge in [0.15, 0.2) is 5.11 Å². The summed E-state index contributed by atoms with van der Waals surface area (Å²) in [5.41, 5.74) is 2.72. The number of nitrogens with one attached hydrogen (secondary N) is 2. The van der Waals surface area contributed by atoms with E-state index in [1.165, 1.54) is 0 Å². The van der Waals surface area contributed by atoms with Gasteiger partial charge in [0.1, 0.15) is 6.54 Å². The van der Waals surface area contributed by atoms with E-state index in [0.717, 1.165) is 17.1 Å². The molecule has 2 atom stereocenters. The number of hydrogen-bond donors (Lipinski definition) is 2. The third-order valence-corrected chi connectivity index (χ3v) is 5.21. The average Bonchev–Trinajstić information content (AvgIpc) is 3.26. The Labute approximate surface area is 169 Å². The van der Waals surface area contributed by atoms with Crippen molar-refractivity contribution in [1.29, 1.82) is 0 Å². The molecule has 0 spiro atoms. The Balaban J connectivity index is 1.62. The highest BCUT2D eigenvalue weighted by molar-refractivity contribution is 7.80. The van der Waals surface area contributed by atoms with E-state index in [1.807, 2.05) is 72.7 Å². The molecule has 3 heterocycles. The molecule has 142 valence electrons. The third kappa shape index (κ3) is 3.61. The van der Waals surface area contributed by atoms with E-state index in [0.29, 0.717) is 5.11 Å². The molecule has 1 saturated heterocycles. The normalized spacial score (nSPS) is 18.8. The van der Waals surface area contributed by atoms with Crippen LogP contribution in [0.1, 0.15) is 23.5 Å². The number of amides is 1. The van der Waals surface area contributed by atoms with Crippen LogP contribution in [0.2, 0.25) is 0 Å². The first kappa shape index (κ1) is 18.2. The Kier molecular flexibility index (Phi) is 5.08. The smallest absolute Gasteiger partial charge is 0.244 e. The Morgan fingerprint density at radius 3 is 2.61 bits per heavy atom. The highest BCUT2D eigenvalue weighted by Crippen LogP contribution is 2.38. The molecular formula is C21H21N5OS. The predicted octanol–water partition coefficient (Wildman–Crippen LogP) is 3.03. The zero-order valence-electron chi connectivity index (χ0n) is 15.4. The molecule has 7 heteroatoms. The van der Waals surface area contributed by atoms with Crippen molar-refractivity contribution in [3.8, 4) is 0 Å². The summed E-state index contributed by atoms with van der Waals surface area (Å²) in [4.78, 5) is 19.1. The minimum Gasteiger partial charge on any atom is -0.353 e. The molecule has 1 aromatic carbocycles. The number of para-hydroxylation sites is 1. The number of aryl methyl sites for hydroxylation is 1. The van der Waals surface area contributed by atoms with Gasteiger partial charge in [-0.3, -0.25) is 9.78 Å². The van der Waals surface area contributed by atoms with Gasteiger partial charge < -0.3 is 20.1 Å². The summed E-state index contributed by atoms with van der Waals surface area (Å²) >= 11 is 5.59. The summed E-state index contributed by atoms with van der Waals surface area (Å²) in [5, 5.41) is 6.84. The number of hydrogen-bond acceptors (Lipinski definition) is 3. The third-order valence-electron chi connectivity index (χ3n) is 4.86. The van der Waals surface area contributed by atoms with E-state index in [1.54, 1.807) is 6.20 Å². The van der Waals surface area contributed by atoms with E-state index in [9.17, 15) is 4.79 Å². The van der Waals surface area contributed by atoms with Crippen molar-refractivity contribution in [3.05, 3.63) is 84.4 Å². The van der Waals surface area contributed by atoms with E-state index < -0.39 is 0 Å². The Morgan fingerprint density at radius 2 is 1.93 bits per heavy atom. The van der Waals surface area contributed by atoms with Gasteiger partial charge >= 0.3 is 0 Å². The van der Waals surface area contributed by atoms with Gasteiger partial charge in [0.2, 0.25) is 5.91 Å². The van der Waals surface area contributed by atoms with E-state index >= 15 is 0 Å². The second-order valence-electron chi connectivity index (χ2n) is 6.71. The van der Waals surface area contributed by atoms with Crippen LogP contribution in [0.3, 0.4) is 0 Å². The van der Waals surface area contributed by atoms with E-state index in [4.69, 9.17) is 12.2 Å². The standard InChI is InChI=1S/C21H21N5OS/c1-25-13-7-11-17(25)20-19(16-10-5-6-12-22-16)24-21(28)26(20)14-18(27)23-15-8-3-2-4-9-15/h2-13,19-20H,14H2,1H3,(H,23,27)(H,24,28)/t19-,20+/m0/s1. The van der Waals surface area contributed by atoms with Gasteiger partial charge in [0.25, 0.3) is 0 Å². The number of nitrogens with zero attached hydrogens (tertiary/aromatic N) is 3. The molecule has 0 aliphatic carbocycles. The van der Waals surface area contributed by atoms with Crippen LogP contribution >= 0.6 is 12.2 Å². The van der Waals surface area contributed by atoms with Crippen LogP contribution in [0, 0.1) is 0 Å². The van der Waals surface area contributed by atoms with Gasteiger partial charge in [0.05, 0.1) is 17.8 Å². The lowest BCUT2D eigenvalue weighted by Crippen LogP contribution is -2.37. The number of carbonyl (C=O) groups is 1. The lowest BCUT2D eigenvalue weighted by molar-refractivity contribution is -0.116. The number of carbonyl (C=O) groups excluding carboxylic acids is 1.